The van der Waals surface area contributed by atoms with Crippen LogP contribution in [0.2, 0.25) is 0 Å². The molecule has 0 aliphatic heterocycles. The van der Waals surface area contributed by atoms with Crippen LogP contribution in [0.5, 0.6) is 0 Å². The van der Waals surface area contributed by atoms with Gasteiger partial charge in [-0.15, -0.1) is 0 Å². The van der Waals surface area contributed by atoms with Crippen LogP contribution >= 0.6 is 0 Å². The molecule has 0 aliphatic rings. The van der Waals surface area contributed by atoms with Gasteiger partial charge in [-0.25, -0.2) is 0 Å². The molecule has 0 radical (unpaired) electrons. The van der Waals surface area contributed by atoms with Crippen LogP contribution in [0.15, 0.2) is 0 Å². The molecule has 0 bridgehead atoms. The summed E-state index contributed by atoms with van der Waals surface area (Å²) >= 11 is 18.1. The molecule has 50 valence electrons. The number of hydrogen-bond acceptors (Lipinski definition) is 6. The number of nitrogens with zero attached hydrogens (tertiary/aromatic N) is 2. The second-order valence-corrected chi connectivity index (χ2v) is 3.34. The van der Waals surface area contributed by atoms with Crippen molar-refractivity contribution in [2.45, 2.75) is 0 Å². The maximum absolute atomic E-state index is 4.53. The Morgan fingerprint density at radius 3 is 0.833 bits per heavy atom. The van der Waals surface area contributed by atoms with Crippen molar-refractivity contribution >= 4 is 51.3 Å². The Morgan fingerprint density at radius 2 is 0.750 bits per heavy atom. The molecule has 0 spiro atoms. The third kappa shape index (κ3) is 29.2. The second kappa shape index (κ2) is 20.2. The molecule has 0 heterocycles. The van der Waals surface area contributed by atoms with Crippen LogP contribution in [0.1, 0.15) is 0 Å². The van der Waals surface area contributed by atoms with Gasteiger partial charge in [-0.1, -0.05) is 0 Å². The summed E-state index contributed by atoms with van der Waals surface area (Å²) in [5.41, 5.74) is 0. The van der Waals surface area contributed by atoms with E-state index in [1.165, 1.54) is 7.42 Å². The molecule has 0 aromatic heterocycles. The van der Waals surface area contributed by atoms with E-state index in [-0.39, 0.29) is 75.4 Å². The Kier molecular flexibility index (Phi) is 49.8. The Bertz CT molecular complexity index is 59.0. The van der Waals surface area contributed by atoms with Gasteiger partial charge < -0.3 is 58.7 Å². The van der Waals surface area contributed by atoms with E-state index in [0.29, 0.717) is 13.1 Å². The quantitative estimate of drug-likeness (QED) is 0.336. The molecule has 0 aliphatic carbocycles. The van der Waals surface area contributed by atoms with Gasteiger partial charge in [0, 0.05) is 0 Å². The van der Waals surface area contributed by atoms with Crippen molar-refractivity contribution in [3.8, 4) is 0 Å². The molecule has 0 aromatic rings. The first-order valence-electron chi connectivity index (χ1n) is 1.86. The largest absolute Gasteiger partial charge is 1.00 e. The Morgan fingerprint density at radius 1 is 0.583 bits per heavy atom. The van der Waals surface area contributed by atoms with Crippen molar-refractivity contribution in [3.63, 3.8) is 0 Å². The fourth-order valence-electron chi connectivity index (χ4n) is 0.163. The maximum Gasteiger partial charge on any atom is 1.00 e. The van der Waals surface area contributed by atoms with E-state index in [9.17, 15) is 0 Å². The summed E-state index contributed by atoms with van der Waals surface area (Å²) in [6.07, 6.45) is 0. The van der Waals surface area contributed by atoms with E-state index in [1.807, 2.05) is 0 Å². The third-order valence-corrected chi connectivity index (χ3v) is 1.20. The van der Waals surface area contributed by atoms with Crippen molar-refractivity contribution in [2.75, 3.05) is 13.1 Å². The number of rotatable bonds is 3. The zero-order chi connectivity index (χ0) is 6.57. The molecule has 2 nitrogen and oxygen atoms in total. The predicted octanol–water partition coefficient (Wildman–Crippen LogP) is -12.5. The van der Waals surface area contributed by atoms with Crippen LogP contribution in [0.3, 0.4) is 0 Å². The molecular weight excluding hydrogens is 208 g/mol. The van der Waals surface area contributed by atoms with E-state index in [1.54, 1.807) is 0 Å². The third-order valence-electron chi connectivity index (χ3n) is 0.465. The van der Waals surface area contributed by atoms with Gasteiger partial charge in [-0.05, 0) is 13.1 Å². The SMILES string of the molecule is [Li+].[Li+].[Li+].[Li+].[S-]N([S-])CCN([S-])[S-]. The fourth-order valence-corrected chi connectivity index (χ4v) is 0.490. The minimum Gasteiger partial charge on any atom is -0.731 e. The van der Waals surface area contributed by atoms with Crippen LogP contribution in [0.4, 0.5) is 0 Å². The fraction of sp³-hybridized carbons (Fsp3) is 1.00. The molecule has 0 aromatic carbocycles. The Labute approximate surface area is 145 Å². The van der Waals surface area contributed by atoms with Crippen molar-refractivity contribution in [1.82, 2.24) is 7.42 Å². The first kappa shape index (κ1) is 29.6. The van der Waals surface area contributed by atoms with Crippen LogP contribution in [-0.2, 0) is 51.3 Å². The van der Waals surface area contributed by atoms with Crippen LogP contribution in [-0.4, -0.2) is 20.5 Å². The van der Waals surface area contributed by atoms with Crippen LogP contribution in [0, 0.1) is 0 Å². The molecule has 0 unspecified atom stereocenters. The van der Waals surface area contributed by atoms with Crippen molar-refractivity contribution in [3.05, 3.63) is 0 Å². The molecule has 0 atom stereocenters. The van der Waals surface area contributed by atoms with Gasteiger partial charge >= 0.3 is 75.4 Å². The molecule has 10 heteroatoms. The molecule has 0 rings (SSSR count). The van der Waals surface area contributed by atoms with Gasteiger partial charge in [-0.2, -0.15) is 0 Å². The summed E-state index contributed by atoms with van der Waals surface area (Å²) in [6.45, 7) is 1.13. The van der Waals surface area contributed by atoms with Crippen molar-refractivity contribution in [2.24, 2.45) is 0 Å². The zero-order valence-corrected chi connectivity index (χ0v) is 11.2. The minimum absolute atomic E-state index is 0. The summed E-state index contributed by atoms with van der Waals surface area (Å²) in [4.78, 5) is 0. The summed E-state index contributed by atoms with van der Waals surface area (Å²) in [5.74, 6) is 0. The monoisotopic (exact) mass is 212 g/mol. The van der Waals surface area contributed by atoms with Crippen molar-refractivity contribution < 1.29 is 75.4 Å². The molecule has 0 saturated carbocycles. The average Bonchev–Trinajstić information content (AvgIpc) is 1.61. The van der Waals surface area contributed by atoms with Crippen molar-refractivity contribution in [1.29, 1.82) is 0 Å². The topological polar surface area (TPSA) is 6.48 Å². The molecular formula is C2H4Li4N2S4. The van der Waals surface area contributed by atoms with Gasteiger partial charge in [0.25, 0.3) is 0 Å². The van der Waals surface area contributed by atoms with E-state index in [0.717, 1.165) is 0 Å². The molecule has 0 amide bonds. The first-order chi connectivity index (χ1) is 3.63. The predicted molar refractivity (Wildman–Crippen MR) is 42.9 cm³/mol. The summed E-state index contributed by atoms with van der Waals surface area (Å²) in [6, 6.07) is 0. The van der Waals surface area contributed by atoms with E-state index in [4.69, 9.17) is 0 Å². The molecule has 0 saturated heterocycles. The average molecular weight is 212 g/mol. The molecule has 0 fully saturated rings. The maximum atomic E-state index is 4.53. The first-order valence-corrected chi connectivity index (χ1v) is 3.32. The van der Waals surface area contributed by atoms with Crippen LogP contribution < -0.4 is 75.4 Å². The van der Waals surface area contributed by atoms with Gasteiger partial charge in [0.05, 0.1) is 0 Å². The summed E-state index contributed by atoms with van der Waals surface area (Å²) in [7, 11) is 0. The van der Waals surface area contributed by atoms with Gasteiger partial charge in [0.15, 0.2) is 0 Å². The van der Waals surface area contributed by atoms with Gasteiger partial charge in [0.1, 0.15) is 0 Å². The van der Waals surface area contributed by atoms with E-state index < -0.39 is 0 Å². The Hall–Kier alpha value is 3.71. The van der Waals surface area contributed by atoms with E-state index in [2.05, 4.69) is 51.3 Å². The zero-order valence-electron chi connectivity index (χ0n) is 7.94. The molecule has 12 heavy (non-hydrogen) atoms. The van der Waals surface area contributed by atoms with Crippen LogP contribution in [0.25, 0.3) is 0 Å². The van der Waals surface area contributed by atoms with E-state index >= 15 is 0 Å². The number of hydrogen-bond donors (Lipinski definition) is 0. The Balaban J connectivity index is -0.0000000408. The second-order valence-electron chi connectivity index (χ2n) is 1.11. The smallest absolute Gasteiger partial charge is 0.731 e. The normalized spacial score (nSPS) is 7.50. The van der Waals surface area contributed by atoms with Gasteiger partial charge in [-0.3, -0.25) is 0 Å². The van der Waals surface area contributed by atoms with Gasteiger partial charge in [0.2, 0.25) is 0 Å². The molecule has 0 N–H and O–H groups in total. The summed E-state index contributed by atoms with van der Waals surface area (Å²) in [5, 5.41) is 0. The minimum atomic E-state index is 0. The summed E-state index contributed by atoms with van der Waals surface area (Å²) < 4.78 is 2.43. The standard InChI is InChI=1S/C2H4N2S4.4Li/c5-3(6)1-2-4(7)8;;;;/h1-2H2;;;;/q-4;4*+1.